The predicted molar refractivity (Wildman–Crippen MR) is 175 cm³/mol. The number of hydrogen-bond acceptors (Lipinski definition) is 7. The van der Waals surface area contributed by atoms with Crippen molar-refractivity contribution >= 4 is 34.8 Å². The number of nitrogens with one attached hydrogen (secondary N) is 3. The number of ether oxygens (including phenoxy) is 2. The minimum atomic E-state index is -1.26. The summed E-state index contributed by atoms with van der Waals surface area (Å²) in [5.41, 5.74) is 2.51. The fourth-order valence-corrected chi connectivity index (χ4v) is 4.70. The molecule has 0 bridgehead atoms. The minimum Gasteiger partial charge on any atom is -0.445 e. The number of rotatable bonds is 13. The fourth-order valence-electron chi connectivity index (χ4n) is 4.70. The van der Waals surface area contributed by atoms with Crippen LogP contribution in [-0.4, -0.2) is 53.1 Å². The van der Waals surface area contributed by atoms with Crippen LogP contribution in [0.25, 0.3) is 10.9 Å². The number of fused-ring (bicyclic) bond motifs is 1. The lowest BCUT2D eigenvalue weighted by Crippen LogP contribution is -2.56. The monoisotopic (exact) mass is 624 g/mol. The molecule has 4 rings (SSSR count). The summed E-state index contributed by atoms with van der Waals surface area (Å²) < 4.78 is 10.6. The molecule has 0 spiro atoms. The highest BCUT2D eigenvalue weighted by Gasteiger charge is 2.29. The van der Waals surface area contributed by atoms with E-state index in [4.69, 9.17) is 9.47 Å². The van der Waals surface area contributed by atoms with Crippen molar-refractivity contribution < 1.29 is 28.7 Å². The highest BCUT2D eigenvalue weighted by atomic mass is 16.6. The van der Waals surface area contributed by atoms with Crippen molar-refractivity contribution in [3.8, 4) is 0 Å². The van der Waals surface area contributed by atoms with E-state index in [9.17, 15) is 19.2 Å². The number of ketones is 1. The molecular formula is C36H40N4O6. The number of aromatic nitrogens is 1. The van der Waals surface area contributed by atoms with Crippen LogP contribution < -0.4 is 16.0 Å². The van der Waals surface area contributed by atoms with Crippen LogP contribution in [0.4, 0.5) is 9.59 Å². The maximum atomic E-state index is 13.7. The first kappa shape index (κ1) is 33.6. The Hall–Kier alpha value is -5.25. The van der Waals surface area contributed by atoms with E-state index in [1.54, 1.807) is 27.0 Å². The zero-order valence-electron chi connectivity index (χ0n) is 26.3. The van der Waals surface area contributed by atoms with E-state index in [-0.39, 0.29) is 25.4 Å². The standard InChI is InChI=1S/C36H40N4O6/c1-36(2,3)46-35(44)40-31(23-38-34(43)45-24-26-14-8-5-9-15-26)33(42)39-30(19-18-25-12-6-4-7-13-25)32(41)21-27-20-28-16-10-11-17-29(28)37-22-27/h4-17,20,22,30-31H,18-19,21,23-24H2,1-3H3,(H,38,43)(H,39,42)(H,40,44)/t30-,31-/m0/s1. The number of alkyl carbamates (subject to hydrolysis) is 2. The number of carbonyl (C=O) groups excluding carboxylic acids is 4. The number of nitrogens with zero attached hydrogens (tertiary/aromatic N) is 1. The Balaban J connectivity index is 1.47. The van der Waals surface area contributed by atoms with Crippen LogP contribution in [0.5, 0.6) is 0 Å². The Bertz CT molecular complexity index is 1620. The van der Waals surface area contributed by atoms with E-state index in [1.807, 2.05) is 91.0 Å². The van der Waals surface area contributed by atoms with Crippen molar-refractivity contribution in [1.82, 2.24) is 20.9 Å². The molecule has 0 radical (unpaired) electrons. The summed E-state index contributed by atoms with van der Waals surface area (Å²) in [5.74, 6) is -0.870. The van der Waals surface area contributed by atoms with Crippen LogP contribution in [0.1, 0.15) is 43.9 Å². The van der Waals surface area contributed by atoms with Crippen LogP contribution >= 0.6 is 0 Å². The molecule has 46 heavy (non-hydrogen) atoms. The zero-order chi connectivity index (χ0) is 32.9. The lowest BCUT2D eigenvalue weighted by molar-refractivity contribution is -0.128. The number of carbonyl (C=O) groups is 4. The van der Waals surface area contributed by atoms with Crippen molar-refractivity contribution in [1.29, 1.82) is 0 Å². The number of pyridine rings is 1. The van der Waals surface area contributed by atoms with Crippen molar-refractivity contribution in [2.75, 3.05) is 6.54 Å². The van der Waals surface area contributed by atoms with E-state index < -0.39 is 35.8 Å². The van der Waals surface area contributed by atoms with Gasteiger partial charge in [-0.25, -0.2) is 9.59 Å². The smallest absolute Gasteiger partial charge is 0.408 e. The second-order valence-electron chi connectivity index (χ2n) is 11.9. The van der Waals surface area contributed by atoms with E-state index >= 15 is 0 Å². The summed E-state index contributed by atoms with van der Waals surface area (Å²) in [6, 6.07) is 26.2. The Morgan fingerprint density at radius 1 is 0.761 bits per heavy atom. The molecule has 10 heteroatoms. The van der Waals surface area contributed by atoms with Gasteiger partial charge in [0.05, 0.1) is 18.1 Å². The van der Waals surface area contributed by atoms with Crippen LogP contribution in [0, 0.1) is 0 Å². The number of benzene rings is 3. The molecule has 0 saturated carbocycles. The predicted octanol–water partition coefficient (Wildman–Crippen LogP) is 5.28. The van der Waals surface area contributed by atoms with E-state index in [1.165, 1.54) is 0 Å². The molecule has 3 amide bonds. The summed E-state index contributed by atoms with van der Waals surface area (Å²) in [5, 5.41) is 8.79. The molecule has 240 valence electrons. The van der Waals surface area contributed by atoms with Crippen molar-refractivity contribution in [2.24, 2.45) is 0 Å². The Labute approximate surface area is 268 Å². The Morgan fingerprint density at radius 3 is 2.11 bits per heavy atom. The number of aryl methyl sites for hydroxylation is 1. The summed E-state index contributed by atoms with van der Waals surface area (Å²) >= 11 is 0. The number of para-hydroxylation sites is 1. The maximum absolute atomic E-state index is 13.7. The lowest BCUT2D eigenvalue weighted by atomic mass is 9.97. The normalized spacial score (nSPS) is 12.4. The Morgan fingerprint density at radius 2 is 1.41 bits per heavy atom. The molecule has 3 aromatic carbocycles. The molecule has 0 unspecified atom stereocenters. The first-order valence-corrected chi connectivity index (χ1v) is 15.2. The first-order chi connectivity index (χ1) is 22.1. The molecule has 2 atom stereocenters. The zero-order valence-corrected chi connectivity index (χ0v) is 26.3. The quantitative estimate of drug-likeness (QED) is 0.184. The van der Waals surface area contributed by atoms with Gasteiger partial charge in [-0.1, -0.05) is 78.9 Å². The molecule has 0 aliphatic rings. The van der Waals surface area contributed by atoms with Gasteiger partial charge in [-0.15, -0.1) is 0 Å². The van der Waals surface area contributed by atoms with Crippen LogP contribution in [0.15, 0.2) is 97.2 Å². The van der Waals surface area contributed by atoms with Gasteiger partial charge in [0.2, 0.25) is 5.91 Å². The van der Waals surface area contributed by atoms with E-state index in [0.717, 1.165) is 22.0 Å². The summed E-state index contributed by atoms with van der Waals surface area (Å²) in [6.07, 6.45) is 0.942. The summed E-state index contributed by atoms with van der Waals surface area (Å²) in [7, 11) is 0. The molecule has 0 aliphatic heterocycles. The SMILES string of the molecule is CC(C)(C)OC(=O)N[C@@H](CNC(=O)OCc1ccccc1)C(=O)N[C@@H](CCc1ccccc1)C(=O)Cc1cnc2ccccc2c1. The molecule has 4 aromatic rings. The Kier molecular flexibility index (Phi) is 11.8. The third-order valence-corrected chi connectivity index (χ3v) is 6.97. The minimum absolute atomic E-state index is 0.0305. The van der Waals surface area contributed by atoms with Gasteiger partial charge < -0.3 is 25.4 Å². The second kappa shape index (κ2) is 16.2. The maximum Gasteiger partial charge on any atom is 0.408 e. The van der Waals surface area contributed by atoms with Gasteiger partial charge in [-0.2, -0.15) is 0 Å². The molecule has 1 aromatic heterocycles. The molecule has 0 saturated heterocycles. The third-order valence-electron chi connectivity index (χ3n) is 6.97. The van der Waals surface area contributed by atoms with Crippen molar-refractivity contribution in [3.05, 3.63) is 114 Å². The molecule has 10 nitrogen and oxygen atoms in total. The number of Topliss-reactive ketones (excluding diaryl/α,β-unsaturated/α-hetero) is 1. The van der Waals surface area contributed by atoms with Gasteiger partial charge >= 0.3 is 12.2 Å². The van der Waals surface area contributed by atoms with Gasteiger partial charge in [0.25, 0.3) is 0 Å². The summed E-state index contributed by atoms with van der Waals surface area (Å²) in [6.45, 7) is 4.82. The lowest BCUT2D eigenvalue weighted by Gasteiger charge is -2.25. The molecule has 0 aliphatic carbocycles. The average Bonchev–Trinajstić information content (AvgIpc) is 3.03. The molecule has 3 N–H and O–H groups in total. The second-order valence-corrected chi connectivity index (χ2v) is 11.9. The largest absolute Gasteiger partial charge is 0.445 e. The average molecular weight is 625 g/mol. The van der Waals surface area contributed by atoms with Crippen molar-refractivity contribution in [3.63, 3.8) is 0 Å². The highest BCUT2D eigenvalue weighted by molar-refractivity contribution is 5.93. The highest BCUT2D eigenvalue weighted by Crippen LogP contribution is 2.15. The van der Waals surface area contributed by atoms with Gasteiger partial charge in [0.1, 0.15) is 18.2 Å². The van der Waals surface area contributed by atoms with E-state index in [2.05, 4.69) is 20.9 Å². The van der Waals surface area contributed by atoms with Gasteiger partial charge in [0.15, 0.2) is 5.78 Å². The topological polar surface area (TPSA) is 136 Å². The molecule has 0 fully saturated rings. The molecular weight excluding hydrogens is 584 g/mol. The number of hydrogen-bond donors (Lipinski definition) is 3. The fraction of sp³-hybridized carbons (Fsp3) is 0.306. The molecule has 1 heterocycles. The number of amides is 3. The summed E-state index contributed by atoms with van der Waals surface area (Å²) in [4.78, 5) is 56.9. The first-order valence-electron chi connectivity index (χ1n) is 15.2. The van der Waals surface area contributed by atoms with Crippen LogP contribution in [0.3, 0.4) is 0 Å². The van der Waals surface area contributed by atoms with Gasteiger partial charge in [-0.3, -0.25) is 14.6 Å². The van der Waals surface area contributed by atoms with Crippen LogP contribution in [-0.2, 0) is 38.5 Å². The van der Waals surface area contributed by atoms with Crippen molar-refractivity contribution in [2.45, 2.75) is 64.3 Å². The van der Waals surface area contributed by atoms with Crippen LogP contribution in [0.2, 0.25) is 0 Å². The third kappa shape index (κ3) is 11.0. The van der Waals surface area contributed by atoms with Gasteiger partial charge in [-0.05, 0) is 62.4 Å². The van der Waals surface area contributed by atoms with E-state index in [0.29, 0.717) is 18.4 Å². The van der Waals surface area contributed by atoms with Gasteiger partial charge in [0, 0.05) is 18.0 Å².